The molecular formula is C26H32O3S. The van der Waals surface area contributed by atoms with Gasteiger partial charge >= 0.3 is 5.30 Å². The van der Waals surface area contributed by atoms with E-state index in [2.05, 4.69) is 38.1 Å². The largest absolute Gasteiger partial charge is 0.473 e. The van der Waals surface area contributed by atoms with Crippen molar-refractivity contribution in [3.8, 4) is 0 Å². The van der Waals surface area contributed by atoms with Crippen molar-refractivity contribution in [3.05, 3.63) is 47.5 Å². The van der Waals surface area contributed by atoms with Crippen LogP contribution in [-0.2, 0) is 9.54 Å². The van der Waals surface area contributed by atoms with Crippen LogP contribution in [0.15, 0.2) is 42.0 Å². The van der Waals surface area contributed by atoms with Crippen LogP contribution in [0.3, 0.4) is 0 Å². The fourth-order valence-electron chi connectivity index (χ4n) is 8.11. The second kappa shape index (κ2) is 6.98. The molecule has 1 unspecified atom stereocenters. The summed E-state index contributed by atoms with van der Waals surface area (Å²) in [6, 6.07) is 10.4. The van der Waals surface area contributed by atoms with Crippen molar-refractivity contribution in [2.75, 3.05) is 0 Å². The quantitative estimate of drug-likeness (QED) is 0.565. The molecule has 4 aliphatic carbocycles. The molecule has 0 aliphatic heterocycles. The first-order valence-corrected chi connectivity index (χ1v) is 12.3. The molecule has 4 aliphatic rings. The topological polar surface area (TPSA) is 54.4 Å². The molecule has 3 nitrogen and oxygen atoms in total. The van der Waals surface area contributed by atoms with Crippen LogP contribution in [0, 0.1) is 28.6 Å². The summed E-state index contributed by atoms with van der Waals surface area (Å²) in [6.45, 7) is 4.80. The lowest BCUT2D eigenvalue weighted by molar-refractivity contribution is -0.117. The third-order valence-corrected chi connectivity index (χ3v) is 11.0. The van der Waals surface area contributed by atoms with Crippen molar-refractivity contribution < 1.29 is 14.7 Å². The van der Waals surface area contributed by atoms with Crippen LogP contribution in [0.1, 0.15) is 70.8 Å². The Balaban J connectivity index is 1.54. The minimum atomic E-state index is -0.755. The molecule has 1 aromatic rings. The van der Waals surface area contributed by atoms with Crippen LogP contribution in [0.5, 0.6) is 0 Å². The molecule has 6 atom stereocenters. The first-order valence-electron chi connectivity index (χ1n) is 11.5. The second-order valence-corrected chi connectivity index (χ2v) is 11.8. The number of hydrogen-bond donors (Lipinski definition) is 1. The summed E-state index contributed by atoms with van der Waals surface area (Å²) < 4.78 is -0.352. The number of carbonyl (C=O) groups excluding carboxylic acids is 1. The highest BCUT2D eigenvalue weighted by atomic mass is 32.2. The van der Waals surface area contributed by atoms with Crippen LogP contribution in [0.25, 0.3) is 0 Å². The van der Waals surface area contributed by atoms with E-state index in [4.69, 9.17) is 0 Å². The van der Waals surface area contributed by atoms with Gasteiger partial charge in [0.15, 0.2) is 5.78 Å². The number of fused-ring (bicyclic) bond motifs is 5. The average Bonchev–Trinajstić information content (AvgIpc) is 3.02. The van der Waals surface area contributed by atoms with Crippen molar-refractivity contribution >= 4 is 22.8 Å². The van der Waals surface area contributed by atoms with Gasteiger partial charge in [0.05, 0.1) is 4.75 Å². The molecule has 0 amide bonds. The predicted molar refractivity (Wildman–Crippen MR) is 120 cm³/mol. The number of hydrogen-bond acceptors (Lipinski definition) is 3. The number of allylic oxidation sites excluding steroid dienone is 1. The van der Waals surface area contributed by atoms with E-state index in [1.54, 1.807) is 0 Å². The first-order chi connectivity index (χ1) is 14.3. The van der Waals surface area contributed by atoms with Gasteiger partial charge in [-0.05, 0) is 96.9 Å². The van der Waals surface area contributed by atoms with Crippen molar-refractivity contribution in [2.45, 2.75) is 70.0 Å². The Morgan fingerprint density at radius 3 is 2.47 bits per heavy atom. The molecule has 0 radical (unpaired) electrons. The molecule has 3 fully saturated rings. The van der Waals surface area contributed by atoms with Crippen molar-refractivity contribution in [3.63, 3.8) is 0 Å². The lowest BCUT2D eigenvalue weighted by atomic mass is 9.46. The number of rotatable bonds is 2. The summed E-state index contributed by atoms with van der Waals surface area (Å²) in [6.07, 6.45) is 10.1. The van der Waals surface area contributed by atoms with Crippen LogP contribution in [0.2, 0.25) is 0 Å². The standard InChI is InChI=1S/C26H32O3S/c1-24-13-10-19(27)16-18(24)8-9-20-21(24)11-14-25(2)22(20)12-15-26(25,30-23(28)29)17-6-4-3-5-7-17/h3-7,16,20-22H,8-15H2,1-2H3,(H,28,29)/t20-,21-,22+,24+,25+,26?/m1/s1. The summed E-state index contributed by atoms with van der Waals surface area (Å²) in [4.78, 5) is 24.1. The minimum absolute atomic E-state index is 0.0133. The van der Waals surface area contributed by atoms with Gasteiger partial charge in [-0.2, -0.15) is 0 Å². The van der Waals surface area contributed by atoms with Gasteiger partial charge in [0.2, 0.25) is 0 Å². The summed E-state index contributed by atoms with van der Waals surface area (Å²) in [5, 5.41) is 9.13. The SMILES string of the molecule is C[C@]12CCC(=O)C=C1CC[C@@H]1[C@H]2CC[C@@]2(C)[C@H]1CCC2(SC(=O)O)c1ccccc1. The Bertz CT molecular complexity index is 908. The van der Waals surface area contributed by atoms with Crippen LogP contribution < -0.4 is 0 Å². The lowest BCUT2D eigenvalue weighted by Gasteiger charge is -2.59. The maximum Gasteiger partial charge on any atom is 0.365 e. The summed E-state index contributed by atoms with van der Waals surface area (Å²) >= 11 is 1.17. The van der Waals surface area contributed by atoms with Crippen molar-refractivity contribution in [1.82, 2.24) is 0 Å². The third-order valence-electron chi connectivity index (χ3n) is 9.58. The predicted octanol–water partition coefficient (Wildman–Crippen LogP) is 6.83. The Kier molecular flexibility index (Phi) is 4.74. The third kappa shape index (κ3) is 2.71. The highest BCUT2D eigenvalue weighted by Crippen LogP contribution is 2.72. The normalized spacial score (nSPS) is 42.7. The summed E-state index contributed by atoms with van der Waals surface area (Å²) in [5.41, 5.74) is 2.74. The maximum atomic E-state index is 12.1. The molecule has 5 rings (SSSR count). The lowest BCUT2D eigenvalue weighted by Crippen LogP contribution is -2.53. The van der Waals surface area contributed by atoms with Crippen molar-refractivity contribution in [2.24, 2.45) is 28.6 Å². The van der Waals surface area contributed by atoms with Gasteiger partial charge in [0.25, 0.3) is 0 Å². The highest BCUT2D eigenvalue weighted by molar-refractivity contribution is 8.14. The number of carboxylic acid groups (broad SMARTS) is 1. The van der Waals surface area contributed by atoms with Gasteiger partial charge in [0.1, 0.15) is 0 Å². The van der Waals surface area contributed by atoms with Crippen LogP contribution >= 0.6 is 11.8 Å². The van der Waals surface area contributed by atoms with Gasteiger partial charge < -0.3 is 5.11 Å². The molecule has 160 valence electrons. The van der Waals surface area contributed by atoms with Crippen LogP contribution in [-0.4, -0.2) is 16.2 Å². The summed E-state index contributed by atoms with van der Waals surface area (Å²) in [7, 11) is 0. The van der Waals surface area contributed by atoms with E-state index in [1.807, 2.05) is 12.1 Å². The smallest absolute Gasteiger partial charge is 0.365 e. The summed E-state index contributed by atoms with van der Waals surface area (Å²) in [5.74, 6) is 2.13. The van der Waals surface area contributed by atoms with E-state index in [0.717, 1.165) is 44.9 Å². The maximum absolute atomic E-state index is 12.1. The molecule has 0 heterocycles. The van der Waals surface area contributed by atoms with E-state index in [-0.39, 0.29) is 15.6 Å². The number of thioether (sulfide) groups is 1. The number of carbonyl (C=O) groups is 2. The van der Waals surface area contributed by atoms with E-state index in [9.17, 15) is 14.7 Å². The van der Waals surface area contributed by atoms with Gasteiger partial charge in [-0.3, -0.25) is 4.79 Å². The van der Waals surface area contributed by atoms with Gasteiger partial charge in [-0.25, -0.2) is 4.79 Å². The molecule has 0 bridgehead atoms. The first kappa shape index (κ1) is 20.4. The van der Waals surface area contributed by atoms with Gasteiger partial charge in [-0.1, -0.05) is 49.8 Å². The second-order valence-electron chi connectivity index (χ2n) is 10.5. The molecule has 1 aromatic carbocycles. The fraction of sp³-hybridized carbons (Fsp3) is 0.615. The molecular weight excluding hydrogens is 392 g/mol. The highest BCUT2D eigenvalue weighted by Gasteiger charge is 2.65. The van der Waals surface area contributed by atoms with Gasteiger partial charge in [0, 0.05) is 6.42 Å². The number of benzene rings is 1. The van der Waals surface area contributed by atoms with Crippen molar-refractivity contribution in [1.29, 1.82) is 0 Å². The molecule has 4 heteroatoms. The Morgan fingerprint density at radius 1 is 1.00 bits per heavy atom. The zero-order valence-corrected chi connectivity index (χ0v) is 18.8. The van der Waals surface area contributed by atoms with Gasteiger partial charge in [-0.15, -0.1) is 0 Å². The Labute approximate surface area is 183 Å². The molecule has 3 saturated carbocycles. The molecule has 0 saturated heterocycles. The average molecular weight is 425 g/mol. The van der Waals surface area contributed by atoms with Crippen LogP contribution in [0.4, 0.5) is 4.79 Å². The van der Waals surface area contributed by atoms with E-state index in [1.165, 1.54) is 22.9 Å². The Morgan fingerprint density at radius 2 is 1.73 bits per heavy atom. The minimum Gasteiger partial charge on any atom is -0.473 e. The fourth-order valence-corrected chi connectivity index (χ4v) is 9.37. The molecule has 0 spiro atoms. The molecule has 1 N–H and O–H groups in total. The monoisotopic (exact) mass is 424 g/mol. The van der Waals surface area contributed by atoms with E-state index < -0.39 is 5.30 Å². The van der Waals surface area contributed by atoms with E-state index in [0.29, 0.717) is 30.0 Å². The number of ketones is 1. The zero-order valence-electron chi connectivity index (χ0n) is 18.0. The molecule has 0 aromatic heterocycles. The van der Waals surface area contributed by atoms with E-state index >= 15 is 0 Å². The zero-order chi connectivity index (χ0) is 21.1. The Hall–Kier alpha value is -1.55. The molecule has 30 heavy (non-hydrogen) atoms.